The van der Waals surface area contributed by atoms with Crippen LogP contribution in [0.15, 0.2) is 45.6 Å². The Hall–Kier alpha value is -2.50. The summed E-state index contributed by atoms with van der Waals surface area (Å²) in [6.45, 7) is 1.17. The molecule has 0 radical (unpaired) electrons. The van der Waals surface area contributed by atoms with Crippen molar-refractivity contribution in [3.05, 3.63) is 48.3 Å². The molecule has 6 heteroatoms. The van der Waals surface area contributed by atoms with Gasteiger partial charge in [0, 0.05) is 19.0 Å². The van der Waals surface area contributed by atoms with Gasteiger partial charge in [0.1, 0.15) is 0 Å². The van der Waals surface area contributed by atoms with Gasteiger partial charge in [0.2, 0.25) is 0 Å². The van der Waals surface area contributed by atoms with E-state index in [0.29, 0.717) is 30.5 Å². The van der Waals surface area contributed by atoms with Gasteiger partial charge in [-0.1, -0.05) is 0 Å². The van der Waals surface area contributed by atoms with Crippen molar-refractivity contribution < 1.29 is 18.4 Å². The molecule has 2 fully saturated rings. The SMILES string of the molecule is O=C(N[C@]12CC1CN(C(=O)c1ccco1)C2)c1ccco1. The van der Waals surface area contributed by atoms with E-state index in [1.165, 1.54) is 12.5 Å². The van der Waals surface area contributed by atoms with Gasteiger partial charge in [0.25, 0.3) is 11.8 Å². The van der Waals surface area contributed by atoms with Crippen LogP contribution in [-0.4, -0.2) is 35.3 Å². The van der Waals surface area contributed by atoms with E-state index >= 15 is 0 Å². The van der Waals surface area contributed by atoms with Crippen LogP contribution in [0.5, 0.6) is 0 Å². The van der Waals surface area contributed by atoms with Crippen LogP contribution in [0.1, 0.15) is 27.5 Å². The van der Waals surface area contributed by atoms with Crippen molar-refractivity contribution in [2.45, 2.75) is 12.0 Å². The van der Waals surface area contributed by atoms with Gasteiger partial charge < -0.3 is 19.1 Å². The summed E-state index contributed by atoms with van der Waals surface area (Å²) in [7, 11) is 0. The predicted molar refractivity (Wildman–Crippen MR) is 71.6 cm³/mol. The minimum Gasteiger partial charge on any atom is -0.459 e. The molecular weight excluding hydrogens is 272 g/mol. The second-order valence-electron chi connectivity index (χ2n) is 5.65. The van der Waals surface area contributed by atoms with Crippen LogP contribution in [-0.2, 0) is 0 Å². The first-order chi connectivity index (χ1) is 10.2. The number of nitrogens with zero attached hydrogens (tertiary/aromatic N) is 1. The largest absolute Gasteiger partial charge is 0.459 e. The fourth-order valence-electron chi connectivity index (χ4n) is 3.08. The number of nitrogens with one attached hydrogen (secondary N) is 1. The third kappa shape index (κ3) is 1.94. The summed E-state index contributed by atoms with van der Waals surface area (Å²) >= 11 is 0. The standard InChI is InChI=1S/C15H14N2O4/c18-13(11-3-1-5-20-11)16-15-7-10(15)8-17(9-15)14(19)12-4-2-6-21-12/h1-6,10H,7-9H2,(H,16,18)/t10?,15-/m0/s1. The molecule has 1 unspecified atom stereocenters. The monoisotopic (exact) mass is 286 g/mol. The van der Waals surface area contributed by atoms with Gasteiger partial charge in [-0.05, 0) is 30.7 Å². The first-order valence-electron chi connectivity index (χ1n) is 6.87. The smallest absolute Gasteiger partial charge is 0.289 e. The van der Waals surface area contributed by atoms with E-state index < -0.39 is 0 Å². The molecule has 108 valence electrons. The lowest BCUT2D eigenvalue weighted by atomic mass is 10.2. The maximum absolute atomic E-state index is 12.2. The van der Waals surface area contributed by atoms with Crippen molar-refractivity contribution in [3.8, 4) is 0 Å². The minimum atomic E-state index is -0.299. The average Bonchev–Trinajstić information content (AvgIpc) is 3.04. The van der Waals surface area contributed by atoms with Gasteiger partial charge in [-0.2, -0.15) is 0 Å². The van der Waals surface area contributed by atoms with E-state index in [-0.39, 0.29) is 17.4 Å². The zero-order valence-corrected chi connectivity index (χ0v) is 11.2. The topological polar surface area (TPSA) is 75.7 Å². The Labute approximate surface area is 120 Å². The summed E-state index contributed by atoms with van der Waals surface area (Å²) in [5.41, 5.74) is -0.299. The summed E-state index contributed by atoms with van der Waals surface area (Å²) in [4.78, 5) is 26.0. The lowest BCUT2D eigenvalue weighted by molar-refractivity contribution is 0.0728. The third-order valence-electron chi connectivity index (χ3n) is 4.27. The van der Waals surface area contributed by atoms with E-state index in [1.54, 1.807) is 29.2 Å². The molecule has 4 rings (SSSR count). The number of hydrogen-bond donors (Lipinski definition) is 1. The normalized spacial score (nSPS) is 26.5. The number of furan rings is 2. The van der Waals surface area contributed by atoms with Gasteiger partial charge in [-0.3, -0.25) is 9.59 Å². The van der Waals surface area contributed by atoms with Crippen LogP contribution in [0, 0.1) is 5.92 Å². The number of amides is 2. The van der Waals surface area contributed by atoms with Crippen LogP contribution in [0.2, 0.25) is 0 Å². The maximum Gasteiger partial charge on any atom is 0.289 e. The van der Waals surface area contributed by atoms with Gasteiger partial charge in [0.05, 0.1) is 18.1 Å². The van der Waals surface area contributed by atoms with Gasteiger partial charge in [-0.25, -0.2) is 0 Å². The van der Waals surface area contributed by atoms with E-state index in [4.69, 9.17) is 8.83 Å². The van der Waals surface area contributed by atoms with Crippen LogP contribution in [0.4, 0.5) is 0 Å². The molecule has 0 spiro atoms. The van der Waals surface area contributed by atoms with Crippen LogP contribution < -0.4 is 5.32 Å². The summed E-state index contributed by atoms with van der Waals surface area (Å²) in [5, 5.41) is 3.00. The summed E-state index contributed by atoms with van der Waals surface area (Å²) in [6.07, 6.45) is 3.86. The first-order valence-corrected chi connectivity index (χ1v) is 6.87. The number of likely N-dealkylation sites (tertiary alicyclic amines) is 1. The minimum absolute atomic E-state index is 0.126. The quantitative estimate of drug-likeness (QED) is 0.928. The fraction of sp³-hybridized carbons (Fsp3) is 0.333. The van der Waals surface area contributed by atoms with Crippen molar-refractivity contribution in [1.29, 1.82) is 0 Å². The number of fused-ring (bicyclic) bond motifs is 1. The molecular formula is C15H14N2O4. The summed E-state index contributed by atoms with van der Waals surface area (Å²) in [5.74, 6) is 0.596. The number of piperidine rings is 1. The number of hydrogen-bond acceptors (Lipinski definition) is 4. The van der Waals surface area contributed by atoms with Crippen LogP contribution in [0.25, 0.3) is 0 Å². The van der Waals surface area contributed by atoms with Crippen LogP contribution >= 0.6 is 0 Å². The molecule has 1 N–H and O–H groups in total. The molecule has 6 nitrogen and oxygen atoms in total. The second kappa shape index (κ2) is 4.25. The molecule has 0 bridgehead atoms. The Morgan fingerprint density at radius 1 is 1.19 bits per heavy atom. The van der Waals surface area contributed by atoms with Gasteiger partial charge in [0.15, 0.2) is 11.5 Å². The highest BCUT2D eigenvalue weighted by Crippen LogP contribution is 2.49. The van der Waals surface area contributed by atoms with Crippen LogP contribution in [0.3, 0.4) is 0 Å². The highest BCUT2D eigenvalue weighted by atomic mass is 16.3. The Balaban J connectivity index is 1.45. The molecule has 21 heavy (non-hydrogen) atoms. The molecule has 2 aromatic rings. The lowest BCUT2D eigenvalue weighted by Gasteiger charge is -2.20. The first kappa shape index (κ1) is 12.3. The molecule has 2 aliphatic rings. The molecule has 1 saturated carbocycles. The Bertz CT molecular complexity index is 677. The highest BCUT2D eigenvalue weighted by molar-refractivity contribution is 5.94. The molecule has 1 aliphatic carbocycles. The van der Waals surface area contributed by atoms with E-state index in [2.05, 4.69) is 5.32 Å². The van der Waals surface area contributed by atoms with Gasteiger partial charge >= 0.3 is 0 Å². The number of rotatable bonds is 3. The summed E-state index contributed by atoms with van der Waals surface area (Å²) < 4.78 is 10.2. The molecule has 1 saturated heterocycles. The lowest BCUT2D eigenvalue weighted by Crippen LogP contribution is -2.43. The zero-order chi connectivity index (χ0) is 14.4. The summed E-state index contributed by atoms with van der Waals surface area (Å²) in [6, 6.07) is 6.65. The van der Waals surface area contributed by atoms with Crippen molar-refractivity contribution >= 4 is 11.8 Å². The van der Waals surface area contributed by atoms with Crippen molar-refractivity contribution in [3.63, 3.8) is 0 Å². The fourth-order valence-corrected chi connectivity index (χ4v) is 3.08. The Morgan fingerprint density at radius 3 is 2.57 bits per heavy atom. The third-order valence-corrected chi connectivity index (χ3v) is 4.27. The van der Waals surface area contributed by atoms with Crippen molar-refractivity contribution in [1.82, 2.24) is 10.2 Å². The zero-order valence-electron chi connectivity index (χ0n) is 11.2. The number of carbonyl (C=O) groups excluding carboxylic acids is 2. The molecule has 2 amide bonds. The molecule has 2 aromatic heterocycles. The molecule has 1 aliphatic heterocycles. The Morgan fingerprint density at radius 2 is 1.90 bits per heavy atom. The molecule has 0 aromatic carbocycles. The predicted octanol–water partition coefficient (Wildman–Crippen LogP) is 1.52. The highest BCUT2D eigenvalue weighted by Gasteiger charge is 2.62. The van der Waals surface area contributed by atoms with Crippen molar-refractivity contribution in [2.24, 2.45) is 5.92 Å². The van der Waals surface area contributed by atoms with E-state index in [1.807, 2.05) is 0 Å². The average molecular weight is 286 g/mol. The second-order valence-corrected chi connectivity index (χ2v) is 5.65. The molecule has 3 heterocycles. The number of carbonyl (C=O) groups is 2. The maximum atomic E-state index is 12.2. The molecule has 2 atom stereocenters. The van der Waals surface area contributed by atoms with E-state index in [9.17, 15) is 9.59 Å². The Kier molecular flexibility index (Phi) is 2.48. The van der Waals surface area contributed by atoms with Gasteiger partial charge in [-0.15, -0.1) is 0 Å². The van der Waals surface area contributed by atoms with E-state index in [0.717, 1.165) is 6.42 Å². The van der Waals surface area contributed by atoms with Crippen molar-refractivity contribution in [2.75, 3.05) is 13.1 Å².